The van der Waals surface area contributed by atoms with Crippen molar-refractivity contribution >= 4 is 65.8 Å². The first-order chi connectivity index (χ1) is 38.1. The molecule has 0 aliphatic heterocycles. The quantitative estimate of drug-likeness (QED) is 0.152. The van der Waals surface area contributed by atoms with Crippen LogP contribution in [-0.4, -0.2) is 0 Å². The van der Waals surface area contributed by atoms with E-state index in [-0.39, 0.29) is 0 Å². The number of hydrogen-bond donors (Lipinski definition) is 0. The molecule has 0 saturated carbocycles. The topological polar surface area (TPSA) is 63.2 Å². The number of nitriles is 1. The Bertz CT molecular complexity index is 4680. The molecule has 15 rings (SSSR count). The minimum atomic E-state index is 0.568. The van der Waals surface area contributed by atoms with Crippen LogP contribution in [0.5, 0.6) is 0 Å². The van der Waals surface area contributed by atoms with E-state index < -0.39 is 0 Å². The Morgan fingerprint density at radius 3 is 0.883 bits per heavy atom. The predicted octanol–water partition coefficient (Wildman–Crippen LogP) is 20.6. The number of hydrogen-bond acceptors (Lipinski definition) is 4. The highest BCUT2D eigenvalue weighted by atomic mass is 16.3. The number of para-hydroxylation sites is 6. The van der Waals surface area contributed by atoms with Crippen molar-refractivity contribution in [3.8, 4) is 95.1 Å². The van der Waals surface area contributed by atoms with Gasteiger partial charge in [0.05, 0.1) is 11.6 Å². The van der Waals surface area contributed by atoms with Crippen LogP contribution in [0.4, 0.5) is 0 Å². The Labute approximate surface area is 443 Å². The van der Waals surface area contributed by atoms with Crippen molar-refractivity contribution in [2.24, 2.45) is 0 Å². The van der Waals surface area contributed by atoms with E-state index >= 15 is 0 Å². The summed E-state index contributed by atoms with van der Waals surface area (Å²) in [5.41, 5.74) is 22.5. The van der Waals surface area contributed by atoms with E-state index in [2.05, 4.69) is 212 Å². The molecule has 4 nitrogen and oxygen atoms in total. The molecule has 15 aromatic rings. The number of nitrogens with zero attached hydrogens (tertiary/aromatic N) is 1. The fourth-order valence-electron chi connectivity index (χ4n) is 11.6. The van der Waals surface area contributed by atoms with Gasteiger partial charge in [-0.05, 0) is 151 Å². The first kappa shape index (κ1) is 44.1. The van der Waals surface area contributed by atoms with Crippen molar-refractivity contribution in [2.45, 2.75) is 0 Å². The summed E-state index contributed by atoms with van der Waals surface area (Å²) >= 11 is 0. The van der Waals surface area contributed by atoms with E-state index in [4.69, 9.17) is 13.3 Å². The molecule has 3 heterocycles. The standard InChI is InChI=1S/C73H43NO3/c74-44-45-34-54(43-58(35-45)61-27-13-30-67-64-24-3-6-33-70(64)77-73(61)67)57-41-55(50-18-7-14-46(36-50)48-16-9-20-52(38-48)59-25-11-28-65-62-22-1-4-31-68(62)75-71(59)65)40-56(42-57)51-19-8-15-47(37-51)49-17-10-21-53(39-49)60-26-12-29-66-63-23-2-5-32-69(63)76-72(60)66/h1-43H. The molecule has 0 amide bonds. The largest absolute Gasteiger partial charge is 0.455 e. The fraction of sp³-hybridized carbons (Fsp3) is 0. The van der Waals surface area contributed by atoms with Crippen molar-refractivity contribution < 1.29 is 13.3 Å². The molecule has 12 aromatic carbocycles. The van der Waals surface area contributed by atoms with Crippen LogP contribution in [-0.2, 0) is 0 Å². The van der Waals surface area contributed by atoms with Crippen molar-refractivity contribution in [3.05, 3.63) is 266 Å². The molecule has 0 aliphatic carbocycles. The molecule has 0 fully saturated rings. The molecular formula is C73H43NO3. The molecule has 77 heavy (non-hydrogen) atoms. The molecule has 0 bridgehead atoms. The van der Waals surface area contributed by atoms with Gasteiger partial charge < -0.3 is 13.3 Å². The lowest BCUT2D eigenvalue weighted by atomic mass is 9.89. The number of furan rings is 3. The molecule has 0 spiro atoms. The second-order valence-electron chi connectivity index (χ2n) is 19.9. The average Bonchev–Trinajstić information content (AvgIpc) is 4.27. The minimum Gasteiger partial charge on any atom is -0.455 e. The van der Waals surface area contributed by atoms with Crippen LogP contribution >= 0.6 is 0 Å². The van der Waals surface area contributed by atoms with Crippen molar-refractivity contribution in [1.29, 1.82) is 5.26 Å². The normalized spacial score (nSPS) is 11.6. The predicted molar refractivity (Wildman–Crippen MR) is 316 cm³/mol. The van der Waals surface area contributed by atoms with Gasteiger partial charge >= 0.3 is 0 Å². The number of fused-ring (bicyclic) bond motifs is 9. The zero-order valence-corrected chi connectivity index (χ0v) is 41.5. The van der Waals surface area contributed by atoms with Gasteiger partial charge in [0.1, 0.15) is 33.5 Å². The van der Waals surface area contributed by atoms with Gasteiger partial charge in [0, 0.05) is 49.0 Å². The van der Waals surface area contributed by atoms with E-state index in [0.29, 0.717) is 5.56 Å². The van der Waals surface area contributed by atoms with Gasteiger partial charge in [0.15, 0.2) is 0 Å². The van der Waals surface area contributed by atoms with E-state index in [9.17, 15) is 5.26 Å². The summed E-state index contributed by atoms with van der Waals surface area (Å²) in [7, 11) is 0. The lowest BCUT2D eigenvalue weighted by molar-refractivity contribution is 0.669. The van der Waals surface area contributed by atoms with Crippen LogP contribution < -0.4 is 0 Å². The third-order valence-corrected chi connectivity index (χ3v) is 15.3. The van der Waals surface area contributed by atoms with E-state index in [1.165, 1.54) is 0 Å². The Morgan fingerprint density at radius 2 is 0.481 bits per heavy atom. The highest BCUT2D eigenvalue weighted by Gasteiger charge is 2.18. The van der Waals surface area contributed by atoms with Crippen LogP contribution in [0.3, 0.4) is 0 Å². The molecule has 0 atom stereocenters. The van der Waals surface area contributed by atoms with Crippen molar-refractivity contribution in [1.82, 2.24) is 0 Å². The monoisotopic (exact) mass is 981 g/mol. The maximum Gasteiger partial charge on any atom is 0.143 e. The molecule has 0 saturated heterocycles. The van der Waals surface area contributed by atoms with Crippen molar-refractivity contribution in [3.63, 3.8) is 0 Å². The van der Waals surface area contributed by atoms with Gasteiger partial charge in [-0.15, -0.1) is 0 Å². The fourth-order valence-corrected chi connectivity index (χ4v) is 11.6. The van der Waals surface area contributed by atoms with E-state index in [1.54, 1.807) is 0 Å². The van der Waals surface area contributed by atoms with Gasteiger partial charge in [0.25, 0.3) is 0 Å². The molecule has 0 aliphatic rings. The van der Waals surface area contributed by atoms with Crippen LogP contribution in [0.1, 0.15) is 5.56 Å². The summed E-state index contributed by atoms with van der Waals surface area (Å²) in [4.78, 5) is 0. The van der Waals surface area contributed by atoms with Crippen LogP contribution in [0, 0.1) is 11.3 Å². The first-order valence-electron chi connectivity index (χ1n) is 25.9. The Kier molecular flexibility index (Phi) is 10.2. The smallest absolute Gasteiger partial charge is 0.143 e. The number of rotatable bonds is 8. The van der Waals surface area contributed by atoms with Crippen LogP contribution in [0.15, 0.2) is 274 Å². The zero-order valence-electron chi connectivity index (χ0n) is 41.5. The minimum absolute atomic E-state index is 0.568. The summed E-state index contributed by atoms with van der Waals surface area (Å²) < 4.78 is 19.5. The summed E-state index contributed by atoms with van der Waals surface area (Å²) in [5.74, 6) is 0. The third-order valence-electron chi connectivity index (χ3n) is 15.3. The van der Waals surface area contributed by atoms with Gasteiger partial charge in [-0.2, -0.15) is 5.26 Å². The second kappa shape index (κ2) is 17.9. The lowest BCUT2D eigenvalue weighted by Crippen LogP contribution is -1.90. The van der Waals surface area contributed by atoms with Gasteiger partial charge in [-0.1, -0.05) is 182 Å². The van der Waals surface area contributed by atoms with Crippen molar-refractivity contribution in [2.75, 3.05) is 0 Å². The molecule has 0 radical (unpaired) electrons. The van der Waals surface area contributed by atoms with Gasteiger partial charge in [0.2, 0.25) is 0 Å². The molecule has 4 heteroatoms. The summed E-state index contributed by atoms with van der Waals surface area (Å²) in [6, 6.07) is 94.2. The maximum atomic E-state index is 10.6. The second-order valence-corrected chi connectivity index (χ2v) is 19.9. The lowest BCUT2D eigenvalue weighted by Gasteiger charge is -2.15. The third kappa shape index (κ3) is 7.60. The van der Waals surface area contributed by atoms with Crippen LogP contribution in [0.2, 0.25) is 0 Å². The Balaban J connectivity index is 0.863. The van der Waals surface area contributed by atoms with Crippen LogP contribution in [0.25, 0.3) is 155 Å². The summed E-state index contributed by atoms with van der Waals surface area (Å²) in [6.45, 7) is 0. The maximum absolute atomic E-state index is 10.6. The Hall–Kier alpha value is -10.5. The highest BCUT2D eigenvalue weighted by Crippen LogP contribution is 2.43. The summed E-state index contributed by atoms with van der Waals surface area (Å²) in [5, 5.41) is 17.2. The molecule has 3 aromatic heterocycles. The van der Waals surface area contributed by atoms with Gasteiger partial charge in [-0.3, -0.25) is 0 Å². The van der Waals surface area contributed by atoms with E-state index in [1.807, 2.05) is 54.6 Å². The highest BCUT2D eigenvalue weighted by molar-refractivity contribution is 6.12. The zero-order chi connectivity index (χ0) is 51.0. The molecule has 0 N–H and O–H groups in total. The molecule has 0 unspecified atom stereocenters. The Morgan fingerprint density at radius 1 is 0.221 bits per heavy atom. The summed E-state index contributed by atoms with van der Waals surface area (Å²) in [6.07, 6.45) is 0. The van der Waals surface area contributed by atoms with E-state index in [0.717, 1.165) is 155 Å². The van der Waals surface area contributed by atoms with Gasteiger partial charge in [-0.25, -0.2) is 0 Å². The molecular weight excluding hydrogens is 939 g/mol. The SMILES string of the molecule is N#Cc1cc(-c2cc(-c3cccc(-c4cccc(-c5cccc6c5oc5ccccc56)c4)c3)cc(-c3cccc(-c4cccc(-c5cccc6c5oc5ccccc56)c4)c3)c2)cc(-c2cccc3c2oc2ccccc23)c1. The molecule has 358 valence electrons. The average molecular weight is 982 g/mol. The number of benzene rings is 12. The first-order valence-corrected chi connectivity index (χ1v) is 25.9.